The fourth-order valence-electron chi connectivity index (χ4n) is 1.54. The lowest BCUT2D eigenvalue weighted by Gasteiger charge is -2.26. The number of halogens is 3. The van der Waals surface area contributed by atoms with Crippen LogP contribution in [0.4, 0.5) is 18.0 Å². The number of aliphatic carboxylic acids is 1. The standard InChI is InChI=1S/C11H19F3N2O3/c1-10(2,3)5-7(4-8(17)18)16-9(19)15-6-11(12,13)14/h7H,4-6H2,1-3H3,(H,17,18)(H2,15,16,19). The summed E-state index contributed by atoms with van der Waals surface area (Å²) >= 11 is 0. The maximum atomic E-state index is 11.9. The Labute approximate surface area is 109 Å². The van der Waals surface area contributed by atoms with Gasteiger partial charge in [0.2, 0.25) is 0 Å². The second kappa shape index (κ2) is 6.63. The molecule has 0 fully saturated rings. The van der Waals surface area contributed by atoms with Crippen LogP contribution in [0.2, 0.25) is 0 Å². The maximum absolute atomic E-state index is 11.9. The molecule has 0 rings (SSSR count). The van der Waals surface area contributed by atoms with Crippen LogP contribution >= 0.6 is 0 Å². The Balaban J connectivity index is 4.39. The molecule has 1 atom stereocenters. The van der Waals surface area contributed by atoms with Crippen LogP contribution in [0.15, 0.2) is 0 Å². The van der Waals surface area contributed by atoms with Crippen LogP contribution in [0.3, 0.4) is 0 Å². The molecule has 2 amide bonds. The molecular formula is C11H19F3N2O3. The Bertz CT molecular complexity index is 324. The third-order valence-electron chi connectivity index (χ3n) is 2.06. The average Bonchev–Trinajstić information content (AvgIpc) is 2.09. The highest BCUT2D eigenvalue weighted by atomic mass is 19.4. The molecule has 0 spiro atoms. The third-order valence-corrected chi connectivity index (χ3v) is 2.06. The minimum Gasteiger partial charge on any atom is -0.481 e. The average molecular weight is 284 g/mol. The van der Waals surface area contributed by atoms with Crippen molar-refractivity contribution < 1.29 is 27.9 Å². The van der Waals surface area contributed by atoms with E-state index in [0.717, 1.165) is 0 Å². The zero-order chi connectivity index (χ0) is 15.3. The van der Waals surface area contributed by atoms with Gasteiger partial charge in [0.1, 0.15) is 6.54 Å². The quantitative estimate of drug-likeness (QED) is 0.723. The lowest BCUT2D eigenvalue weighted by molar-refractivity contribution is -0.137. The molecule has 112 valence electrons. The van der Waals surface area contributed by atoms with Gasteiger partial charge in [-0.2, -0.15) is 13.2 Å². The van der Waals surface area contributed by atoms with Crippen molar-refractivity contribution in [2.24, 2.45) is 5.41 Å². The molecule has 8 heteroatoms. The summed E-state index contributed by atoms with van der Waals surface area (Å²) in [5.41, 5.74) is -0.253. The van der Waals surface area contributed by atoms with Gasteiger partial charge in [-0.15, -0.1) is 0 Å². The van der Waals surface area contributed by atoms with Gasteiger partial charge < -0.3 is 15.7 Å². The number of rotatable bonds is 5. The summed E-state index contributed by atoms with van der Waals surface area (Å²) in [4.78, 5) is 21.9. The van der Waals surface area contributed by atoms with Gasteiger partial charge >= 0.3 is 18.2 Å². The first kappa shape index (κ1) is 17.5. The first-order valence-electron chi connectivity index (χ1n) is 5.72. The number of hydrogen-bond donors (Lipinski definition) is 3. The summed E-state index contributed by atoms with van der Waals surface area (Å²) in [5, 5.41) is 12.6. The topological polar surface area (TPSA) is 78.4 Å². The fourth-order valence-corrected chi connectivity index (χ4v) is 1.54. The van der Waals surface area contributed by atoms with Crippen LogP contribution in [0.5, 0.6) is 0 Å². The Morgan fingerprint density at radius 2 is 1.74 bits per heavy atom. The molecule has 0 aromatic carbocycles. The van der Waals surface area contributed by atoms with Crippen molar-refractivity contribution in [1.29, 1.82) is 0 Å². The normalized spacial score (nSPS) is 13.8. The Kier molecular flexibility index (Phi) is 6.11. The molecule has 0 saturated heterocycles. The van der Waals surface area contributed by atoms with Crippen molar-refractivity contribution in [3.63, 3.8) is 0 Å². The second-order valence-electron chi connectivity index (χ2n) is 5.50. The summed E-state index contributed by atoms with van der Waals surface area (Å²) in [5.74, 6) is -1.12. The molecule has 5 nitrogen and oxygen atoms in total. The molecule has 0 bridgehead atoms. The smallest absolute Gasteiger partial charge is 0.405 e. The first-order valence-corrected chi connectivity index (χ1v) is 5.72. The zero-order valence-corrected chi connectivity index (χ0v) is 11.1. The van der Waals surface area contributed by atoms with E-state index in [0.29, 0.717) is 6.42 Å². The Morgan fingerprint density at radius 1 is 1.21 bits per heavy atom. The van der Waals surface area contributed by atoms with Crippen LogP contribution in [0.1, 0.15) is 33.6 Å². The van der Waals surface area contributed by atoms with Gasteiger partial charge in [-0.1, -0.05) is 20.8 Å². The number of carboxylic acids is 1. The molecule has 3 N–H and O–H groups in total. The number of carbonyl (C=O) groups excluding carboxylic acids is 1. The number of nitrogens with one attached hydrogen (secondary N) is 2. The van der Waals surface area contributed by atoms with Gasteiger partial charge in [-0.05, 0) is 11.8 Å². The molecule has 0 aromatic heterocycles. The van der Waals surface area contributed by atoms with Crippen molar-refractivity contribution in [1.82, 2.24) is 10.6 Å². The monoisotopic (exact) mass is 284 g/mol. The van der Waals surface area contributed by atoms with Gasteiger partial charge in [0, 0.05) is 6.04 Å². The number of urea groups is 1. The Hall–Kier alpha value is -1.47. The maximum Gasteiger partial charge on any atom is 0.405 e. The van der Waals surface area contributed by atoms with Gasteiger partial charge in [-0.25, -0.2) is 4.79 Å². The number of hydrogen-bond acceptors (Lipinski definition) is 2. The summed E-state index contributed by atoms with van der Waals surface area (Å²) in [6.45, 7) is 4.08. The summed E-state index contributed by atoms with van der Waals surface area (Å²) in [7, 11) is 0. The summed E-state index contributed by atoms with van der Waals surface area (Å²) in [6, 6.07) is -1.74. The minimum absolute atomic E-state index is 0.253. The molecule has 0 heterocycles. The molecule has 0 aliphatic carbocycles. The fraction of sp³-hybridized carbons (Fsp3) is 0.818. The van der Waals surface area contributed by atoms with Crippen molar-refractivity contribution in [2.45, 2.75) is 45.8 Å². The molecule has 0 aliphatic heterocycles. The van der Waals surface area contributed by atoms with Gasteiger partial charge in [0.05, 0.1) is 6.42 Å². The van der Waals surface area contributed by atoms with Crippen LogP contribution in [-0.4, -0.2) is 35.9 Å². The molecular weight excluding hydrogens is 265 g/mol. The highest BCUT2D eigenvalue weighted by Crippen LogP contribution is 2.22. The molecule has 0 aliphatic rings. The van der Waals surface area contributed by atoms with Crippen molar-refractivity contribution >= 4 is 12.0 Å². The predicted octanol–water partition coefficient (Wildman–Crippen LogP) is 2.13. The van der Waals surface area contributed by atoms with E-state index in [1.165, 1.54) is 0 Å². The number of carboxylic acid groups (broad SMARTS) is 1. The summed E-state index contributed by atoms with van der Waals surface area (Å²) < 4.78 is 35.7. The SMILES string of the molecule is CC(C)(C)CC(CC(=O)O)NC(=O)NCC(F)(F)F. The summed E-state index contributed by atoms with van der Waals surface area (Å²) in [6.07, 6.45) is -4.49. The number of alkyl halides is 3. The lowest BCUT2D eigenvalue weighted by atomic mass is 9.87. The van der Waals surface area contributed by atoms with E-state index in [1.54, 1.807) is 5.32 Å². The number of carbonyl (C=O) groups is 2. The third kappa shape index (κ3) is 11.4. The van der Waals surface area contributed by atoms with E-state index in [4.69, 9.17) is 5.11 Å². The molecule has 0 aromatic rings. The zero-order valence-electron chi connectivity index (χ0n) is 11.1. The largest absolute Gasteiger partial charge is 0.481 e. The van der Waals surface area contributed by atoms with E-state index in [2.05, 4.69) is 5.32 Å². The van der Waals surface area contributed by atoms with E-state index >= 15 is 0 Å². The minimum atomic E-state index is -4.50. The molecule has 0 saturated carbocycles. The van der Waals surface area contributed by atoms with Gasteiger partial charge in [0.25, 0.3) is 0 Å². The van der Waals surface area contributed by atoms with Gasteiger partial charge in [-0.3, -0.25) is 4.79 Å². The van der Waals surface area contributed by atoms with Crippen LogP contribution in [0.25, 0.3) is 0 Å². The van der Waals surface area contributed by atoms with Crippen LogP contribution in [0, 0.1) is 5.41 Å². The van der Waals surface area contributed by atoms with E-state index in [-0.39, 0.29) is 11.8 Å². The van der Waals surface area contributed by atoms with Gasteiger partial charge in [0.15, 0.2) is 0 Å². The van der Waals surface area contributed by atoms with E-state index in [9.17, 15) is 22.8 Å². The van der Waals surface area contributed by atoms with E-state index < -0.39 is 30.8 Å². The first-order chi connectivity index (χ1) is 8.39. The lowest BCUT2D eigenvalue weighted by Crippen LogP contribution is -2.46. The van der Waals surface area contributed by atoms with Crippen molar-refractivity contribution in [3.05, 3.63) is 0 Å². The molecule has 0 radical (unpaired) electrons. The van der Waals surface area contributed by atoms with Crippen LogP contribution < -0.4 is 10.6 Å². The molecule has 1 unspecified atom stereocenters. The molecule has 19 heavy (non-hydrogen) atoms. The number of amides is 2. The van der Waals surface area contributed by atoms with Crippen molar-refractivity contribution in [3.8, 4) is 0 Å². The highest BCUT2D eigenvalue weighted by molar-refractivity contribution is 5.75. The van der Waals surface area contributed by atoms with Crippen LogP contribution in [-0.2, 0) is 4.79 Å². The highest BCUT2D eigenvalue weighted by Gasteiger charge is 2.29. The second-order valence-corrected chi connectivity index (χ2v) is 5.50. The van der Waals surface area contributed by atoms with Crippen molar-refractivity contribution in [2.75, 3.05) is 6.54 Å². The Morgan fingerprint density at radius 3 is 2.11 bits per heavy atom. The van der Waals surface area contributed by atoms with E-state index in [1.807, 2.05) is 20.8 Å². The predicted molar refractivity (Wildman–Crippen MR) is 62.7 cm³/mol.